The number of nitrogens with zero attached hydrogens (tertiary/aromatic N) is 2. The lowest BCUT2D eigenvalue weighted by molar-refractivity contribution is 0.445. The Kier molecular flexibility index (Phi) is 5.43. The van der Waals surface area contributed by atoms with Crippen molar-refractivity contribution in [1.82, 2.24) is 9.29 Å². The monoisotopic (exact) mass is 387 g/mol. The Morgan fingerprint density at radius 3 is 2.33 bits per heavy atom. The molecule has 2 aromatic carbocycles. The lowest BCUT2D eigenvalue weighted by Gasteiger charge is -2.18. The molecule has 7 heteroatoms. The number of nitrogens with one attached hydrogen (secondary N) is 1. The molecule has 0 aliphatic carbocycles. The number of sulfonamides is 1. The first-order valence-electron chi connectivity index (χ1n) is 8.79. The average Bonchev–Trinajstić information content (AvgIpc) is 2.63. The van der Waals surface area contributed by atoms with Crippen molar-refractivity contribution in [3.05, 3.63) is 60.0 Å². The van der Waals surface area contributed by atoms with Crippen molar-refractivity contribution in [2.75, 3.05) is 18.4 Å². The van der Waals surface area contributed by atoms with E-state index in [0.29, 0.717) is 29.7 Å². The van der Waals surface area contributed by atoms with E-state index < -0.39 is 10.0 Å². The smallest absolute Gasteiger partial charge is 0.243 e. The molecule has 0 aliphatic heterocycles. The number of hydrogen-bond acceptors (Lipinski definition) is 4. The van der Waals surface area contributed by atoms with E-state index in [0.717, 1.165) is 11.4 Å². The summed E-state index contributed by atoms with van der Waals surface area (Å²) in [5, 5.41) is 3.90. The Labute approximate surface area is 158 Å². The van der Waals surface area contributed by atoms with E-state index >= 15 is 0 Å². The van der Waals surface area contributed by atoms with Crippen LogP contribution in [-0.4, -0.2) is 30.8 Å². The van der Waals surface area contributed by atoms with Crippen molar-refractivity contribution in [2.24, 2.45) is 0 Å². The molecule has 0 fully saturated rings. The van der Waals surface area contributed by atoms with Gasteiger partial charge in [0.25, 0.3) is 0 Å². The maximum atomic E-state index is 13.7. The fourth-order valence-electron chi connectivity index (χ4n) is 3.01. The number of halogens is 1. The van der Waals surface area contributed by atoms with Crippen LogP contribution in [0.4, 0.5) is 15.8 Å². The van der Waals surface area contributed by atoms with Crippen LogP contribution in [0.15, 0.2) is 53.4 Å². The lowest BCUT2D eigenvalue weighted by atomic mass is 10.1. The van der Waals surface area contributed by atoms with Gasteiger partial charge in [-0.05, 0) is 55.5 Å². The van der Waals surface area contributed by atoms with Gasteiger partial charge in [0, 0.05) is 35.5 Å². The number of pyridine rings is 1. The molecule has 0 amide bonds. The van der Waals surface area contributed by atoms with Gasteiger partial charge in [0.05, 0.1) is 10.4 Å². The molecule has 1 aromatic heterocycles. The minimum Gasteiger partial charge on any atom is -0.355 e. The third kappa shape index (κ3) is 3.94. The maximum absolute atomic E-state index is 13.7. The summed E-state index contributed by atoms with van der Waals surface area (Å²) in [7, 11) is -3.49. The van der Waals surface area contributed by atoms with Gasteiger partial charge in [0.1, 0.15) is 5.82 Å². The van der Waals surface area contributed by atoms with E-state index in [1.807, 2.05) is 26.8 Å². The predicted molar refractivity (Wildman–Crippen MR) is 106 cm³/mol. The second-order valence-electron chi connectivity index (χ2n) is 6.21. The number of rotatable bonds is 6. The van der Waals surface area contributed by atoms with Gasteiger partial charge < -0.3 is 5.32 Å². The zero-order valence-corrected chi connectivity index (χ0v) is 16.3. The summed E-state index contributed by atoms with van der Waals surface area (Å²) in [5.74, 6) is -0.336. The molecule has 0 bridgehead atoms. The first-order valence-corrected chi connectivity index (χ1v) is 10.2. The van der Waals surface area contributed by atoms with Crippen LogP contribution in [0, 0.1) is 12.7 Å². The van der Waals surface area contributed by atoms with Gasteiger partial charge in [0.15, 0.2) is 0 Å². The quantitative estimate of drug-likeness (QED) is 0.678. The van der Waals surface area contributed by atoms with E-state index in [9.17, 15) is 12.8 Å². The van der Waals surface area contributed by atoms with E-state index in [2.05, 4.69) is 10.3 Å². The number of benzene rings is 2. The fourth-order valence-corrected chi connectivity index (χ4v) is 4.47. The van der Waals surface area contributed by atoms with Crippen molar-refractivity contribution >= 4 is 32.3 Å². The van der Waals surface area contributed by atoms with Crippen LogP contribution < -0.4 is 5.32 Å². The second-order valence-corrected chi connectivity index (χ2v) is 8.15. The third-order valence-electron chi connectivity index (χ3n) is 4.38. The molecular weight excluding hydrogens is 365 g/mol. The minimum absolute atomic E-state index is 0.249. The van der Waals surface area contributed by atoms with Crippen molar-refractivity contribution in [2.45, 2.75) is 25.7 Å². The molecule has 1 heterocycles. The standard InChI is InChI=1S/C20H22FN3O2S/c1-4-24(5-2)27(25,26)17-9-7-16(8-10-17)23-20-12-14(3)22-19-11-6-15(21)13-18(19)20/h6-13H,4-5H2,1-3H3,(H,22,23). The first kappa shape index (κ1) is 19.3. The summed E-state index contributed by atoms with van der Waals surface area (Å²) in [6.45, 7) is 6.34. The predicted octanol–water partition coefficient (Wildman–Crippen LogP) is 4.46. The molecule has 0 unspecified atom stereocenters. The zero-order valence-electron chi connectivity index (χ0n) is 15.5. The molecular formula is C20H22FN3O2S. The molecule has 3 aromatic rings. The van der Waals surface area contributed by atoms with Crippen molar-refractivity contribution in [1.29, 1.82) is 0 Å². The molecule has 27 heavy (non-hydrogen) atoms. The van der Waals surface area contributed by atoms with Crippen LogP contribution in [0.1, 0.15) is 19.5 Å². The maximum Gasteiger partial charge on any atom is 0.243 e. The second kappa shape index (κ2) is 7.62. The molecule has 0 radical (unpaired) electrons. The molecule has 0 aliphatic rings. The fraction of sp³-hybridized carbons (Fsp3) is 0.250. The van der Waals surface area contributed by atoms with Crippen molar-refractivity contribution < 1.29 is 12.8 Å². The van der Waals surface area contributed by atoms with Crippen LogP contribution in [0.25, 0.3) is 10.9 Å². The first-order chi connectivity index (χ1) is 12.8. The normalized spacial score (nSPS) is 11.9. The molecule has 1 N–H and O–H groups in total. The summed E-state index contributed by atoms with van der Waals surface area (Å²) < 4.78 is 40.2. The number of aromatic nitrogens is 1. The number of anilines is 2. The van der Waals surface area contributed by atoms with Gasteiger partial charge in [-0.15, -0.1) is 0 Å². The lowest BCUT2D eigenvalue weighted by Crippen LogP contribution is -2.30. The van der Waals surface area contributed by atoms with Crippen LogP contribution in [0.2, 0.25) is 0 Å². The summed E-state index contributed by atoms with van der Waals surface area (Å²) in [4.78, 5) is 4.66. The Bertz CT molecular complexity index is 1060. The Morgan fingerprint density at radius 2 is 1.70 bits per heavy atom. The Hall–Kier alpha value is -2.51. The zero-order chi connectivity index (χ0) is 19.6. The van der Waals surface area contributed by atoms with E-state index in [-0.39, 0.29) is 10.7 Å². The van der Waals surface area contributed by atoms with E-state index in [1.54, 1.807) is 30.3 Å². The highest BCUT2D eigenvalue weighted by Gasteiger charge is 2.21. The summed E-state index contributed by atoms with van der Waals surface area (Å²) >= 11 is 0. The van der Waals surface area contributed by atoms with Crippen LogP contribution in [-0.2, 0) is 10.0 Å². The SMILES string of the molecule is CCN(CC)S(=O)(=O)c1ccc(Nc2cc(C)nc3ccc(F)cc23)cc1. The Balaban J connectivity index is 1.94. The van der Waals surface area contributed by atoms with Crippen molar-refractivity contribution in [3.63, 3.8) is 0 Å². The number of hydrogen-bond donors (Lipinski definition) is 1. The van der Waals surface area contributed by atoms with Gasteiger partial charge >= 0.3 is 0 Å². The highest BCUT2D eigenvalue weighted by molar-refractivity contribution is 7.89. The van der Waals surface area contributed by atoms with E-state index in [1.165, 1.54) is 16.4 Å². The van der Waals surface area contributed by atoms with Crippen LogP contribution >= 0.6 is 0 Å². The molecule has 142 valence electrons. The van der Waals surface area contributed by atoms with Crippen LogP contribution in [0.5, 0.6) is 0 Å². The van der Waals surface area contributed by atoms with Crippen molar-refractivity contribution in [3.8, 4) is 0 Å². The minimum atomic E-state index is -3.49. The summed E-state index contributed by atoms with van der Waals surface area (Å²) in [5.41, 5.74) is 2.93. The third-order valence-corrected chi connectivity index (χ3v) is 6.44. The molecule has 0 spiro atoms. The van der Waals surface area contributed by atoms with Crippen LogP contribution in [0.3, 0.4) is 0 Å². The summed E-state index contributed by atoms with van der Waals surface area (Å²) in [6, 6.07) is 12.9. The average molecular weight is 387 g/mol. The van der Waals surface area contributed by atoms with Gasteiger partial charge in [0.2, 0.25) is 10.0 Å². The summed E-state index contributed by atoms with van der Waals surface area (Å²) in [6.07, 6.45) is 0. The molecule has 0 saturated carbocycles. The topological polar surface area (TPSA) is 62.3 Å². The highest BCUT2D eigenvalue weighted by atomic mass is 32.2. The number of fused-ring (bicyclic) bond motifs is 1. The van der Waals surface area contributed by atoms with Gasteiger partial charge in [-0.2, -0.15) is 4.31 Å². The molecule has 5 nitrogen and oxygen atoms in total. The largest absolute Gasteiger partial charge is 0.355 e. The Morgan fingerprint density at radius 1 is 1.04 bits per heavy atom. The molecule has 0 atom stereocenters. The van der Waals surface area contributed by atoms with Gasteiger partial charge in [-0.3, -0.25) is 4.98 Å². The number of aryl methyl sites for hydroxylation is 1. The van der Waals surface area contributed by atoms with Gasteiger partial charge in [-0.1, -0.05) is 13.8 Å². The molecule has 0 saturated heterocycles. The highest BCUT2D eigenvalue weighted by Crippen LogP contribution is 2.28. The van der Waals surface area contributed by atoms with Gasteiger partial charge in [-0.25, -0.2) is 12.8 Å². The van der Waals surface area contributed by atoms with E-state index in [4.69, 9.17) is 0 Å². The molecule has 3 rings (SSSR count).